The molecule has 2 amide bonds. The molecule has 44 heavy (non-hydrogen) atoms. The summed E-state index contributed by atoms with van der Waals surface area (Å²) in [5.74, 6) is -0.321. The van der Waals surface area contributed by atoms with Crippen LogP contribution in [0.4, 0.5) is 0 Å². The highest BCUT2D eigenvalue weighted by Crippen LogP contribution is 2.13. The molecule has 0 aromatic rings. The quantitative estimate of drug-likeness (QED) is 0.0555. The van der Waals surface area contributed by atoms with Gasteiger partial charge in [0, 0.05) is 12.8 Å². The number of amides is 2. The Hall–Kier alpha value is -1.58. The molecule has 4 N–H and O–H groups in total. The molecule has 0 aromatic heterocycles. The van der Waals surface area contributed by atoms with E-state index in [1.54, 1.807) is 0 Å². The Kier molecular flexibility index (Phi) is 41.9. The molecule has 0 bridgehead atoms. The zero-order valence-corrected chi connectivity index (χ0v) is 29.9. The lowest BCUT2D eigenvalue weighted by atomic mass is 10.1. The summed E-state index contributed by atoms with van der Waals surface area (Å²) < 4.78 is 0. The summed E-state index contributed by atoms with van der Waals surface area (Å²) in [6.45, 7) is 4.54. The number of primary amides is 2. The maximum atomic E-state index is 10.6. The van der Waals surface area contributed by atoms with Crippen molar-refractivity contribution in [2.24, 2.45) is 11.5 Å². The summed E-state index contributed by atoms with van der Waals surface area (Å²) in [6, 6.07) is 0. The molecular weight excluding hydrogens is 540 g/mol. The van der Waals surface area contributed by atoms with Gasteiger partial charge in [-0.15, -0.1) is 0 Å². The number of carbonyl (C=O) groups is 2. The van der Waals surface area contributed by atoms with Crippen LogP contribution < -0.4 is 11.5 Å². The first-order valence-electron chi connectivity index (χ1n) is 19.4. The van der Waals surface area contributed by atoms with E-state index in [0.29, 0.717) is 12.8 Å². The Labute approximate surface area is 276 Å². The fraction of sp³-hybridized carbons (Fsp3) is 0.850. The minimum Gasteiger partial charge on any atom is -0.370 e. The number of rotatable bonds is 34. The molecule has 0 atom stereocenters. The number of hydrogen-bond donors (Lipinski definition) is 2. The van der Waals surface area contributed by atoms with Gasteiger partial charge in [-0.05, 0) is 64.2 Å². The van der Waals surface area contributed by atoms with Crippen LogP contribution in [0.15, 0.2) is 24.3 Å². The molecular formula is C40H78N2O2. The second-order valence-corrected chi connectivity index (χ2v) is 13.0. The Morgan fingerprint density at radius 2 is 0.545 bits per heavy atom. The van der Waals surface area contributed by atoms with Crippen molar-refractivity contribution in [3.63, 3.8) is 0 Å². The fourth-order valence-corrected chi connectivity index (χ4v) is 5.45. The molecule has 0 aliphatic heterocycles. The second-order valence-electron chi connectivity index (χ2n) is 13.0. The highest BCUT2D eigenvalue weighted by molar-refractivity contribution is 5.73. The van der Waals surface area contributed by atoms with Crippen LogP contribution in [0.2, 0.25) is 0 Å². The van der Waals surface area contributed by atoms with Gasteiger partial charge in [-0.25, -0.2) is 0 Å². The van der Waals surface area contributed by atoms with E-state index in [1.807, 2.05) is 0 Å². The van der Waals surface area contributed by atoms with Gasteiger partial charge >= 0.3 is 0 Å². The Balaban J connectivity index is 0. The normalized spacial score (nSPS) is 11.3. The van der Waals surface area contributed by atoms with Gasteiger partial charge in [0.25, 0.3) is 0 Å². The van der Waals surface area contributed by atoms with Gasteiger partial charge in [0.2, 0.25) is 11.8 Å². The van der Waals surface area contributed by atoms with Crippen molar-refractivity contribution >= 4 is 11.8 Å². The summed E-state index contributed by atoms with van der Waals surface area (Å²) >= 11 is 0. The van der Waals surface area contributed by atoms with E-state index in [0.717, 1.165) is 25.7 Å². The highest BCUT2D eigenvalue weighted by atomic mass is 16.1. The van der Waals surface area contributed by atoms with Gasteiger partial charge in [-0.3, -0.25) is 9.59 Å². The van der Waals surface area contributed by atoms with E-state index in [1.165, 1.54) is 167 Å². The van der Waals surface area contributed by atoms with Crippen molar-refractivity contribution in [3.05, 3.63) is 24.3 Å². The van der Waals surface area contributed by atoms with E-state index in [4.69, 9.17) is 11.5 Å². The first-order valence-corrected chi connectivity index (χ1v) is 19.4. The predicted octanol–water partition coefficient (Wildman–Crippen LogP) is 12.6. The topological polar surface area (TPSA) is 86.2 Å². The van der Waals surface area contributed by atoms with Crippen molar-refractivity contribution in [1.29, 1.82) is 0 Å². The van der Waals surface area contributed by atoms with E-state index >= 15 is 0 Å². The molecule has 260 valence electrons. The molecule has 0 saturated carbocycles. The van der Waals surface area contributed by atoms with Gasteiger partial charge in [0.05, 0.1) is 0 Å². The molecule has 4 heteroatoms. The van der Waals surface area contributed by atoms with Crippen molar-refractivity contribution < 1.29 is 9.59 Å². The van der Waals surface area contributed by atoms with Gasteiger partial charge in [0.1, 0.15) is 0 Å². The second kappa shape index (κ2) is 41.4. The van der Waals surface area contributed by atoms with E-state index in [-0.39, 0.29) is 11.8 Å². The molecule has 0 spiro atoms. The number of allylic oxidation sites excluding steroid dienone is 4. The molecule has 0 heterocycles. The minimum atomic E-state index is -0.164. The third-order valence-corrected chi connectivity index (χ3v) is 8.37. The molecule has 0 fully saturated rings. The number of nitrogens with two attached hydrogens (primary N) is 2. The lowest BCUT2D eigenvalue weighted by molar-refractivity contribution is -0.119. The van der Waals surface area contributed by atoms with Crippen LogP contribution in [-0.2, 0) is 9.59 Å². The molecule has 0 saturated heterocycles. The third-order valence-electron chi connectivity index (χ3n) is 8.37. The first kappa shape index (κ1) is 44.5. The predicted molar refractivity (Wildman–Crippen MR) is 196 cm³/mol. The Morgan fingerprint density at radius 3 is 0.773 bits per heavy atom. The maximum Gasteiger partial charge on any atom is 0.217 e. The lowest BCUT2D eigenvalue weighted by Crippen LogP contribution is -2.09. The highest BCUT2D eigenvalue weighted by Gasteiger charge is 1.96. The maximum absolute atomic E-state index is 10.6. The van der Waals surface area contributed by atoms with E-state index in [9.17, 15) is 9.59 Å². The van der Waals surface area contributed by atoms with E-state index < -0.39 is 0 Å². The van der Waals surface area contributed by atoms with Gasteiger partial charge < -0.3 is 11.5 Å². The van der Waals surface area contributed by atoms with Crippen molar-refractivity contribution in [2.75, 3.05) is 0 Å². The van der Waals surface area contributed by atoms with Gasteiger partial charge in [0.15, 0.2) is 0 Å². The minimum absolute atomic E-state index is 0.156. The van der Waals surface area contributed by atoms with Crippen LogP contribution in [0.25, 0.3) is 0 Å². The lowest BCUT2D eigenvalue weighted by Gasteiger charge is -2.01. The summed E-state index contributed by atoms with van der Waals surface area (Å²) in [4.78, 5) is 21.1. The van der Waals surface area contributed by atoms with Crippen LogP contribution in [0.3, 0.4) is 0 Å². The average Bonchev–Trinajstić information content (AvgIpc) is 3.00. The summed E-state index contributed by atoms with van der Waals surface area (Å²) in [5.41, 5.74) is 10.2. The molecule has 0 rings (SSSR count). The molecule has 0 unspecified atom stereocenters. The molecule has 0 aromatic carbocycles. The first-order chi connectivity index (χ1) is 21.5. The summed E-state index contributed by atoms with van der Waals surface area (Å²) in [7, 11) is 0. The molecule has 0 aliphatic rings. The number of unbranched alkanes of at least 4 members (excludes halogenated alkanes) is 26. The molecule has 4 nitrogen and oxygen atoms in total. The van der Waals surface area contributed by atoms with Crippen molar-refractivity contribution in [2.45, 2.75) is 219 Å². The SMILES string of the molecule is CCCCCCCCC=CCCCCCCCC(N)=O.CCCCCCCCC=CCCCCCCCCCCCC(N)=O. The summed E-state index contributed by atoms with van der Waals surface area (Å²) in [5, 5.41) is 0. The average molecular weight is 619 g/mol. The molecule has 0 radical (unpaired) electrons. The van der Waals surface area contributed by atoms with E-state index in [2.05, 4.69) is 38.2 Å². The van der Waals surface area contributed by atoms with Gasteiger partial charge in [-0.2, -0.15) is 0 Å². The number of carbonyl (C=O) groups excluding carboxylic acids is 2. The van der Waals surface area contributed by atoms with Crippen LogP contribution in [0, 0.1) is 0 Å². The zero-order valence-electron chi connectivity index (χ0n) is 29.9. The monoisotopic (exact) mass is 619 g/mol. The molecule has 0 aliphatic carbocycles. The smallest absolute Gasteiger partial charge is 0.217 e. The van der Waals surface area contributed by atoms with Gasteiger partial charge in [-0.1, -0.05) is 167 Å². The third kappa shape index (κ3) is 47.4. The largest absolute Gasteiger partial charge is 0.370 e. The van der Waals surface area contributed by atoms with Crippen LogP contribution in [0.1, 0.15) is 219 Å². The van der Waals surface area contributed by atoms with Crippen molar-refractivity contribution in [3.8, 4) is 0 Å². The van der Waals surface area contributed by atoms with Crippen LogP contribution >= 0.6 is 0 Å². The van der Waals surface area contributed by atoms with Crippen LogP contribution in [-0.4, -0.2) is 11.8 Å². The summed E-state index contributed by atoms with van der Waals surface area (Å²) in [6.07, 6.45) is 49.7. The van der Waals surface area contributed by atoms with Crippen molar-refractivity contribution in [1.82, 2.24) is 0 Å². The Morgan fingerprint density at radius 1 is 0.341 bits per heavy atom. The standard InChI is InChI=1S/C22H43NO.C18H35NO/c1-2-3-4-5-6-7-8-9-10-11-12-13-14-15-16-17-18-19-20-21-22(23)24;1-2-3-4-5-6-7-8-9-10-11-12-13-14-15-16-17-18(19)20/h9-10H,2-8,11-21H2,1H3,(H2,23,24);9-10H,2-8,11-17H2,1H3,(H2,19,20). The number of hydrogen-bond acceptors (Lipinski definition) is 2. The zero-order chi connectivity index (χ0) is 32.6. The van der Waals surface area contributed by atoms with Crippen LogP contribution in [0.5, 0.6) is 0 Å². The Bertz CT molecular complexity index is 629. The fourth-order valence-electron chi connectivity index (χ4n) is 5.45.